The molecule has 206 valence electrons. The smallest absolute Gasteiger partial charge is 0.253 e. The maximum atomic E-state index is 13.7. The number of carbonyl (C=O) groups is 1. The molecule has 3 saturated heterocycles. The maximum absolute atomic E-state index is 13.7. The van der Waals surface area contributed by atoms with Crippen LogP contribution in [0.5, 0.6) is 0 Å². The van der Waals surface area contributed by atoms with Gasteiger partial charge in [-0.15, -0.1) is 0 Å². The van der Waals surface area contributed by atoms with Gasteiger partial charge in [-0.3, -0.25) is 9.69 Å². The molecule has 2 unspecified atom stereocenters. The summed E-state index contributed by atoms with van der Waals surface area (Å²) in [7, 11) is 1.87. The molecule has 4 aliphatic rings. The lowest BCUT2D eigenvalue weighted by Gasteiger charge is -2.45. The van der Waals surface area contributed by atoms with Crippen LogP contribution < -0.4 is 5.32 Å². The summed E-state index contributed by atoms with van der Waals surface area (Å²) in [6.45, 7) is 8.59. The highest BCUT2D eigenvalue weighted by atomic mass is 19.1. The number of nitriles is 1. The van der Waals surface area contributed by atoms with Crippen molar-refractivity contribution < 1.29 is 9.18 Å². The van der Waals surface area contributed by atoms with E-state index in [4.69, 9.17) is 0 Å². The minimum Gasteiger partial charge on any atom is -0.341 e. The fraction of sp³-hybridized carbons (Fsp3) is 0.562. The number of amides is 1. The Labute approximate surface area is 231 Å². The van der Waals surface area contributed by atoms with Crippen molar-refractivity contribution in [2.75, 3.05) is 59.4 Å². The highest BCUT2D eigenvalue weighted by molar-refractivity contribution is 5.96. The fourth-order valence-electron chi connectivity index (χ4n) is 7.32. The van der Waals surface area contributed by atoms with Crippen LogP contribution in [0.4, 0.5) is 4.39 Å². The quantitative estimate of drug-likeness (QED) is 0.566. The first kappa shape index (κ1) is 26.4. The first-order valence-corrected chi connectivity index (χ1v) is 14.7. The van der Waals surface area contributed by atoms with Crippen LogP contribution in [0, 0.1) is 29.0 Å². The van der Waals surface area contributed by atoms with E-state index < -0.39 is 0 Å². The lowest BCUT2D eigenvalue weighted by Crippen LogP contribution is -2.59. The second-order valence-corrected chi connectivity index (χ2v) is 12.2. The van der Waals surface area contributed by atoms with Gasteiger partial charge in [0.25, 0.3) is 5.91 Å². The fourth-order valence-corrected chi connectivity index (χ4v) is 7.32. The summed E-state index contributed by atoms with van der Waals surface area (Å²) in [4.78, 5) is 20.8. The number of hydrogen-bond acceptors (Lipinski definition) is 5. The molecular formula is C32H40FN5O. The minimum absolute atomic E-state index is 0.0181. The predicted molar refractivity (Wildman–Crippen MR) is 150 cm³/mol. The number of aryl methyl sites for hydroxylation is 1. The zero-order valence-electron chi connectivity index (χ0n) is 23.0. The number of fused-ring (bicyclic) bond motifs is 2. The second-order valence-electron chi connectivity index (χ2n) is 12.2. The average Bonchev–Trinajstić information content (AvgIpc) is 3.53. The Morgan fingerprint density at radius 3 is 2.54 bits per heavy atom. The van der Waals surface area contributed by atoms with E-state index in [0.717, 1.165) is 80.3 Å². The molecule has 6 nitrogen and oxygen atoms in total. The van der Waals surface area contributed by atoms with Crippen LogP contribution in [0.1, 0.15) is 57.8 Å². The van der Waals surface area contributed by atoms with E-state index in [-0.39, 0.29) is 17.6 Å². The molecule has 3 atom stereocenters. The van der Waals surface area contributed by atoms with E-state index >= 15 is 0 Å². The van der Waals surface area contributed by atoms with Crippen molar-refractivity contribution in [2.24, 2.45) is 11.8 Å². The summed E-state index contributed by atoms with van der Waals surface area (Å²) in [5, 5.41) is 13.1. The van der Waals surface area contributed by atoms with E-state index in [0.29, 0.717) is 23.7 Å². The highest BCUT2D eigenvalue weighted by Gasteiger charge is 2.42. The van der Waals surface area contributed by atoms with Crippen molar-refractivity contribution in [1.29, 1.82) is 5.26 Å². The summed E-state index contributed by atoms with van der Waals surface area (Å²) in [6, 6.07) is 13.4. The minimum atomic E-state index is -0.238. The number of likely N-dealkylation sites (tertiary alicyclic amines) is 2. The molecule has 0 spiro atoms. The predicted octanol–water partition coefficient (Wildman–Crippen LogP) is 3.66. The molecule has 1 amide bonds. The molecule has 0 saturated carbocycles. The van der Waals surface area contributed by atoms with Gasteiger partial charge in [0.2, 0.25) is 0 Å². The van der Waals surface area contributed by atoms with Gasteiger partial charge >= 0.3 is 0 Å². The maximum Gasteiger partial charge on any atom is 0.253 e. The molecule has 1 N–H and O–H groups in total. The molecule has 0 radical (unpaired) electrons. The number of likely N-dealkylation sites (N-methyl/N-ethyl adjacent to an activating group) is 1. The summed E-state index contributed by atoms with van der Waals surface area (Å²) in [6.07, 6.45) is 4.92. The molecule has 39 heavy (non-hydrogen) atoms. The average molecular weight is 530 g/mol. The van der Waals surface area contributed by atoms with Crippen molar-refractivity contribution in [3.8, 4) is 6.07 Å². The van der Waals surface area contributed by atoms with Gasteiger partial charge in [0.1, 0.15) is 5.82 Å². The number of carbonyl (C=O) groups excluding carboxylic acids is 1. The molecule has 2 aromatic carbocycles. The van der Waals surface area contributed by atoms with Gasteiger partial charge in [-0.05, 0) is 105 Å². The summed E-state index contributed by atoms with van der Waals surface area (Å²) < 4.78 is 13.7. The molecular weight excluding hydrogens is 489 g/mol. The van der Waals surface area contributed by atoms with E-state index in [1.54, 1.807) is 6.07 Å². The molecule has 2 aromatic rings. The number of benzene rings is 2. The number of halogens is 1. The molecule has 3 fully saturated rings. The van der Waals surface area contributed by atoms with Crippen LogP contribution in [0.2, 0.25) is 0 Å². The zero-order valence-corrected chi connectivity index (χ0v) is 23.0. The topological polar surface area (TPSA) is 62.6 Å². The van der Waals surface area contributed by atoms with E-state index in [2.05, 4.69) is 21.2 Å². The lowest BCUT2D eigenvalue weighted by atomic mass is 9.86. The van der Waals surface area contributed by atoms with Gasteiger partial charge < -0.3 is 15.1 Å². The van der Waals surface area contributed by atoms with E-state index in [1.807, 2.05) is 30.1 Å². The normalized spacial score (nSPS) is 24.0. The van der Waals surface area contributed by atoms with Crippen LogP contribution in [0.3, 0.4) is 0 Å². The van der Waals surface area contributed by atoms with Crippen molar-refractivity contribution in [3.63, 3.8) is 0 Å². The molecule has 6 rings (SSSR count). The van der Waals surface area contributed by atoms with Crippen molar-refractivity contribution >= 4 is 5.91 Å². The molecule has 0 bridgehead atoms. The Bertz CT molecular complexity index is 1220. The monoisotopic (exact) mass is 529 g/mol. The third-order valence-electron chi connectivity index (χ3n) is 9.67. The largest absolute Gasteiger partial charge is 0.341 e. The Hall–Kier alpha value is -2.79. The third-order valence-corrected chi connectivity index (χ3v) is 9.67. The SMILES string of the molecule is CN(C[C@@H](CCN1CC(N2CC3CNCC3C2)C1)c1ccc(F)cc1)C(=O)c1cc(C#N)cc2c1CCCC2. The molecule has 1 aliphatic carbocycles. The Balaban J connectivity index is 1.11. The van der Waals surface area contributed by atoms with E-state index in [9.17, 15) is 14.4 Å². The first-order chi connectivity index (χ1) is 19.0. The highest BCUT2D eigenvalue weighted by Crippen LogP contribution is 2.32. The van der Waals surface area contributed by atoms with Gasteiger partial charge in [-0.2, -0.15) is 5.26 Å². The molecule has 0 aromatic heterocycles. The Kier molecular flexibility index (Phi) is 7.70. The van der Waals surface area contributed by atoms with Crippen molar-refractivity contribution in [3.05, 3.63) is 70.0 Å². The van der Waals surface area contributed by atoms with Crippen LogP contribution in [-0.2, 0) is 12.8 Å². The lowest BCUT2D eigenvalue weighted by molar-refractivity contribution is 0.0409. The second kappa shape index (κ2) is 11.4. The number of nitrogens with zero attached hydrogens (tertiary/aromatic N) is 4. The Morgan fingerprint density at radius 1 is 1.10 bits per heavy atom. The van der Waals surface area contributed by atoms with Gasteiger partial charge in [0, 0.05) is 57.3 Å². The Morgan fingerprint density at radius 2 is 1.82 bits per heavy atom. The van der Waals surface area contributed by atoms with Gasteiger partial charge in [0.05, 0.1) is 11.6 Å². The van der Waals surface area contributed by atoms with Gasteiger partial charge in [-0.1, -0.05) is 12.1 Å². The van der Waals surface area contributed by atoms with Gasteiger partial charge in [0.15, 0.2) is 0 Å². The number of rotatable bonds is 8. The van der Waals surface area contributed by atoms with Crippen LogP contribution >= 0.6 is 0 Å². The van der Waals surface area contributed by atoms with Crippen molar-refractivity contribution in [2.45, 2.75) is 44.1 Å². The first-order valence-electron chi connectivity index (χ1n) is 14.7. The zero-order chi connectivity index (χ0) is 26.9. The third kappa shape index (κ3) is 5.61. The van der Waals surface area contributed by atoms with Crippen LogP contribution in [-0.4, -0.2) is 86.1 Å². The van der Waals surface area contributed by atoms with Gasteiger partial charge in [-0.25, -0.2) is 4.39 Å². The summed E-state index contributed by atoms with van der Waals surface area (Å²) >= 11 is 0. The standard InChI is InChI=1S/C32H40FN5O/c1-36(32(39)31-13-22(14-34)12-24-4-2-3-5-30(24)31)17-25(23-6-8-28(33)9-7-23)10-11-37-20-29(21-37)38-18-26-15-35-16-27(26)19-38/h6-9,12-13,25-27,29,35H,2-5,10-11,15-21H2,1H3/t25-,26?,27?/m1/s1. The number of nitrogens with one attached hydrogen (secondary N) is 1. The van der Waals surface area contributed by atoms with Crippen LogP contribution in [0.15, 0.2) is 36.4 Å². The molecule has 3 aliphatic heterocycles. The van der Waals surface area contributed by atoms with E-state index in [1.165, 1.54) is 38.3 Å². The number of hydrogen-bond donors (Lipinski definition) is 1. The molecule has 7 heteroatoms. The molecule has 3 heterocycles. The summed E-state index contributed by atoms with van der Waals surface area (Å²) in [5.74, 6) is 1.52. The van der Waals surface area contributed by atoms with Crippen LogP contribution in [0.25, 0.3) is 0 Å². The summed E-state index contributed by atoms with van der Waals surface area (Å²) in [5.41, 5.74) is 4.58. The van der Waals surface area contributed by atoms with Crippen molar-refractivity contribution in [1.82, 2.24) is 20.0 Å².